The molecule has 170 valence electrons. The summed E-state index contributed by atoms with van der Waals surface area (Å²) in [5, 5.41) is 0. The Labute approximate surface area is 193 Å². The van der Waals surface area contributed by atoms with Crippen LogP contribution >= 0.6 is 0 Å². The Hall–Kier alpha value is -1.70. The molecule has 0 heterocycles. The van der Waals surface area contributed by atoms with Crippen molar-refractivity contribution in [3.05, 3.63) is 46.6 Å². The highest BCUT2D eigenvalue weighted by Crippen LogP contribution is 2.49. The lowest BCUT2D eigenvalue weighted by molar-refractivity contribution is -0.119. The number of hydrogen-bond acceptors (Lipinski definition) is 2. The molecule has 0 aromatic carbocycles. The molecule has 0 aromatic heterocycles. The van der Waals surface area contributed by atoms with Gasteiger partial charge in [0.25, 0.3) is 0 Å². The monoisotopic (exact) mass is 430 g/mol. The van der Waals surface area contributed by atoms with Crippen molar-refractivity contribution in [1.29, 1.82) is 0 Å². The third-order valence-corrected chi connectivity index (χ3v) is 9.67. The van der Waals surface area contributed by atoms with Crippen molar-refractivity contribution in [3.8, 4) is 0 Å². The topological polar surface area (TPSA) is 34.1 Å². The summed E-state index contributed by atoms with van der Waals surface area (Å²) < 4.78 is 0. The summed E-state index contributed by atoms with van der Waals surface area (Å²) in [6.07, 6.45) is 23.3. The molecule has 0 saturated heterocycles. The molecule has 0 aliphatic heterocycles. The molecule has 2 heteroatoms. The predicted octanol–water partition coefficient (Wildman–Crippen LogP) is 6.93. The minimum Gasteiger partial charge on any atom is -0.294 e. The second-order valence-corrected chi connectivity index (χ2v) is 12.1. The highest BCUT2D eigenvalue weighted by atomic mass is 16.1. The van der Waals surface area contributed by atoms with Gasteiger partial charge >= 0.3 is 0 Å². The van der Waals surface area contributed by atoms with Crippen molar-refractivity contribution in [2.24, 2.45) is 41.4 Å². The molecule has 6 aliphatic rings. The average Bonchev–Trinajstić information content (AvgIpc) is 2.76. The van der Waals surface area contributed by atoms with Gasteiger partial charge in [0.1, 0.15) is 0 Å². The zero-order valence-corrected chi connectivity index (χ0v) is 19.7. The van der Waals surface area contributed by atoms with Crippen LogP contribution in [0, 0.1) is 41.4 Å². The van der Waals surface area contributed by atoms with Gasteiger partial charge in [-0.3, -0.25) is 9.59 Å². The van der Waals surface area contributed by atoms with Crippen LogP contribution in [0.2, 0.25) is 0 Å². The number of carbonyl (C=O) groups is 2. The zero-order chi connectivity index (χ0) is 21.8. The number of ketones is 2. The van der Waals surface area contributed by atoms with Crippen LogP contribution in [0.1, 0.15) is 84.0 Å². The Morgan fingerprint density at radius 1 is 0.688 bits per heavy atom. The highest BCUT2D eigenvalue weighted by molar-refractivity contribution is 5.97. The van der Waals surface area contributed by atoms with Gasteiger partial charge in [-0.15, -0.1) is 0 Å². The lowest BCUT2D eigenvalue weighted by atomic mass is 9.62. The summed E-state index contributed by atoms with van der Waals surface area (Å²) in [6.45, 7) is 2.29. The molecular weight excluding hydrogens is 392 g/mol. The number of fused-ring (bicyclic) bond motifs is 8. The van der Waals surface area contributed by atoms with Gasteiger partial charge in [0.05, 0.1) is 0 Å². The van der Waals surface area contributed by atoms with Crippen LogP contribution in [0.25, 0.3) is 0 Å². The molecule has 0 aromatic rings. The third-order valence-electron chi connectivity index (χ3n) is 9.67. The number of allylic oxidation sites excluding steroid dienone is 8. The second-order valence-electron chi connectivity index (χ2n) is 12.1. The van der Waals surface area contributed by atoms with Gasteiger partial charge in [-0.2, -0.15) is 0 Å². The van der Waals surface area contributed by atoms with Crippen molar-refractivity contribution in [3.63, 3.8) is 0 Å². The summed E-state index contributed by atoms with van der Waals surface area (Å²) in [7, 11) is 0. The van der Waals surface area contributed by atoms with Gasteiger partial charge in [0.2, 0.25) is 0 Å². The van der Waals surface area contributed by atoms with E-state index >= 15 is 0 Å². The fourth-order valence-corrected chi connectivity index (χ4v) is 8.31. The van der Waals surface area contributed by atoms with Crippen molar-refractivity contribution < 1.29 is 9.59 Å². The van der Waals surface area contributed by atoms with E-state index in [4.69, 9.17) is 0 Å². The number of hydrogen-bond donors (Lipinski definition) is 0. The van der Waals surface area contributed by atoms with E-state index in [1.807, 2.05) is 12.2 Å². The van der Waals surface area contributed by atoms with Crippen LogP contribution in [0.15, 0.2) is 46.6 Å². The molecule has 0 spiro atoms. The molecule has 7 atom stereocenters. The molecule has 32 heavy (non-hydrogen) atoms. The van der Waals surface area contributed by atoms with Gasteiger partial charge in [-0.25, -0.2) is 0 Å². The van der Waals surface area contributed by atoms with Crippen molar-refractivity contribution in [2.45, 2.75) is 84.0 Å². The van der Waals surface area contributed by atoms with Gasteiger partial charge < -0.3 is 0 Å². The SMILES string of the molecule is CC(CC1=CC(=O)C2C[C@H]3CCC[C@H](C3)C2=C1)CC1=CC(=O)[C@@H]2C[C@@H]3CCCC(C3)C2=C1. The van der Waals surface area contributed by atoms with Crippen LogP contribution in [-0.2, 0) is 9.59 Å². The Morgan fingerprint density at radius 3 is 1.62 bits per heavy atom. The van der Waals surface area contributed by atoms with E-state index in [9.17, 15) is 9.59 Å². The van der Waals surface area contributed by atoms with E-state index in [0.29, 0.717) is 29.3 Å². The molecular formula is C30H38O2. The molecule has 0 N–H and O–H groups in total. The maximum atomic E-state index is 13.0. The predicted molar refractivity (Wildman–Crippen MR) is 128 cm³/mol. The van der Waals surface area contributed by atoms with E-state index in [2.05, 4.69) is 19.1 Å². The summed E-state index contributed by atoms with van der Waals surface area (Å²) in [4.78, 5) is 25.9. The first-order chi connectivity index (χ1) is 15.5. The van der Waals surface area contributed by atoms with Gasteiger partial charge in [0, 0.05) is 11.8 Å². The minimum absolute atomic E-state index is 0.184. The maximum absolute atomic E-state index is 13.0. The summed E-state index contributed by atoms with van der Waals surface area (Å²) in [5.41, 5.74) is 5.39. The average molecular weight is 431 g/mol. The Balaban J connectivity index is 1.15. The first-order valence-corrected chi connectivity index (χ1v) is 13.4. The quantitative estimate of drug-likeness (QED) is 0.485. The summed E-state index contributed by atoms with van der Waals surface area (Å²) in [5.74, 6) is 4.41. The van der Waals surface area contributed by atoms with Crippen LogP contribution in [0.3, 0.4) is 0 Å². The van der Waals surface area contributed by atoms with Crippen molar-refractivity contribution in [2.75, 3.05) is 0 Å². The largest absolute Gasteiger partial charge is 0.294 e. The molecule has 6 aliphatic carbocycles. The third kappa shape index (κ3) is 3.82. The summed E-state index contributed by atoms with van der Waals surface area (Å²) in [6, 6.07) is 0. The zero-order valence-electron chi connectivity index (χ0n) is 19.7. The van der Waals surface area contributed by atoms with Crippen LogP contribution in [0.4, 0.5) is 0 Å². The molecule has 4 fully saturated rings. The second kappa shape index (κ2) is 8.26. The van der Waals surface area contributed by atoms with Gasteiger partial charge in [0.15, 0.2) is 11.6 Å². The molecule has 3 unspecified atom stereocenters. The van der Waals surface area contributed by atoms with E-state index in [0.717, 1.165) is 37.5 Å². The standard InChI is InChI=1S/C30H38O2/c1-18(8-21-14-25-23-6-2-4-19(10-23)12-27(25)29(31)16-21)9-22-15-26-24-7-3-5-20(11-24)13-28(26)30(32)17-22/h14-20,23-24,27-28H,2-13H2,1H3/t18?,19-,20+,23+,24?,27?,28+/m0/s1. The minimum atomic E-state index is 0.184. The van der Waals surface area contributed by atoms with Crippen LogP contribution < -0.4 is 0 Å². The number of carbonyl (C=O) groups excluding carboxylic acids is 2. The Kier molecular flexibility index (Phi) is 5.39. The van der Waals surface area contributed by atoms with E-state index in [1.54, 1.807) is 0 Å². The highest BCUT2D eigenvalue weighted by Gasteiger charge is 2.41. The lowest BCUT2D eigenvalue weighted by Crippen LogP contribution is -2.34. The summed E-state index contributed by atoms with van der Waals surface area (Å²) >= 11 is 0. The molecule has 6 rings (SSSR count). The lowest BCUT2D eigenvalue weighted by Gasteiger charge is -2.42. The van der Waals surface area contributed by atoms with E-state index < -0.39 is 0 Å². The van der Waals surface area contributed by atoms with Crippen LogP contribution in [-0.4, -0.2) is 11.6 Å². The van der Waals surface area contributed by atoms with Gasteiger partial charge in [-0.1, -0.05) is 55.9 Å². The van der Waals surface area contributed by atoms with Gasteiger partial charge in [-0.05, 0) is 104 Å². The fraction of sp³-hybridized carbons (Fsp3) is 0.667. The number of rotatable bonds is 4. The molecule has 0 amide bonds. The molecule has 4 bridgehead atoms. The Bertz CT molecular complexity index is 868. The smallest absolute Gasteiger partial charge is 0.163 e. The van der Waals surface area contributed by atoms with E-state index in [1.165, 1.54) is 73.7 Å². The van der Waals surface area contributed by atoms with E-state index in [-0.39, 0.29) is 11.8 Å². The maximum Gasteiger partial charge on any atom is 0.163 e. The first-order valence-electron chi connectivity index (χ1n) is 13.4. The molecule has 2 nitrogen and oxygen atoms in total. The molecule has 0 radical (unpaired) electrons. The van der Waals surface area contributed by atoms with Crippen molar-refractivity contribution in [1.82, 2.24) is 0 Å². The van der Waals surface area contributed by atoms with Crippen molar-refractivity contribution >= 4 is 11.6 Å². The molecule has 4 saturated carbocycles. The Morgan fingerprint density at radius 2 is 1.16 bits per heavy atom. The van der Waals surface area contributed by atoms with Crippen LogP contribution in [0.5, 0.6) is 0 Å². The normalized spacial score (nSPS) is 39.2. The fourth-order valence-electron chi connectivity index (χ4n) is 8.31. The first kappa shape index (κ1) is 20.9.